The number of benzene rings is 2. The molecule has 0 fully saturated rings. The maximum Gasteiger partial charge on any atom is 0.416 e. The first-order chi connectivity index (χ1) is 13.5. The number of aryl methyl sites for hydroxylation is 2. The molecule has 8 heteroatoms. The van der Waals surface area contributed by atoms with E-state index in [0.717, 1.165) is 34.7 Å². The van der Waals surface area contributed by atoms with Crippen LogP contribution in [0.4, 0.5) is 24.5 Å². The number of nitrogens with one attached hydrogen (secondary N) is 2. The molecule has 5 nitrogen and oxygen atoms in total. The van der Waals surface area contributed by atoms with Gasteiger partial charge in [0.05, 0.1) is 33.7 Å². The number of carbonyl (C=O) groups excluding carboxylic acids is 2. The Kier molecular flexibility index (Phi) is 5.28. The van der Waals surface area contributed by atoms with Crippen LogP contribution < -0.4 is 10.6 Å². The minimum atomic E-state index is -4.59. The van der Waals surface area contributed by atoms with Crippen molar-refractivity contribution in [3.8, 4) is 0 Å². The highest BCUT2D eigenvalue weighted by Crippen LogP contribution is 2.34. The quantitative estimate of drug-likeness (QED) is 0.643. The van der Waals surface area contributed by atoms with Crippen molar-refractivity contribution in [3.05, 3.63) is 64.8 Å². The number of anilines is 2. The fourth-order valence-corrected chi connectivity index (χ4v) is 2.92. The second-order valence-electron chi connectivity index (χ2n) is 6.71. The maximum absolute atomic E-state index is 13.1. The first-order valence-corrected chi connectivity index (χ1v) is 8.73. The maximum atomic E-state index is 13.1. The smallest absolute Gasteiger partial charge is 0.325 e. The minimum Gasteiger partial charge on any atom is -0.325 e. The predicted octanol–water partition coefficient (Wildman–Crippen LogP) is 5.08. The summed E-state index contributed by atoms with van der Waals surface area (Å²) in [5.74, 6) is -1.09. The number of halogens is 3. The molecule has 0 saturated carbocycles. The van der Waals surface area contributed by atoms with E-state index in [1.54, 1.807) is 13.0 Å². The number of pyridine rings is 1. The topological polar surface area (TPSA) is 71.1 Å². The second kappa shape index (κ2) is 7.54. The Balaban J connectivity index is 2.01. The zero-order valence-electron chi connectivity index (χ0n) is 15.9. The molecule has 0 aliphatic heterocycles. The van der Waals surface area contributed by atoms with E-state index in [9.17, 15) is 22.8 Å². The van der Waals surface area contributed by atoms with Gasteiger partial charge >= 0.3 is 6.18 Å². The van der Waals surface area contributed by atoms with Crippen LogP contribution in [0.25, 0.3) is 10.9 Å². The first kappa shape index (κ1) is 20.3. The molecule has 150 valence electrons. The minimum absolute atomic E-state index is 0.0703. The number of hydrogen-bond donors (Lipinski definition) is 2. The number of aromatic nitrogens is 1. The monoisotopic (exact) mass is 401 g/mol. The van der Waals surface area contributed by atoms with Crippen molar-refractivity contribution < 1.29 is 22.8 Å². The SMILES string of the molecule is CC(=O)Nc1ccc(C(F)(F)F)cc1NC(=O)c1cc2ccc(C)cc2nc1C. The number of carbonyl (C=O) groups is 2. The molecule has 2 aromatic carbocycles. The van der Waals surface area contributed by atoms with Crippen molar-refractivity contribution >= 4 is 34.1 Å². The Morgan fingerprint density at radius 1 is 0.931 bits per heavy atom. The Morgan fingerprint density at radius 3 is 2.31 bits per heavy atom. The summed E-state index contributed by atoms with van der Waals surface area (Å²) in [6.07, 6.45) is -4.59. The zero-order chi connectivity index (χ0) is 21.3. The van der Waals surface area contributed by atoms with Gasteiger partial charge in [0.25, 0.3) is 5.91 Å². The van der Waals surface area contributed by atoms with E-state index in [4.69, 9.17) is 0 Å². The fraction of sp³-hybridized carbons (Fsp3) is 0.190. The molecule has 3 rings (SSSR count). The number of nitrogens with zero attached hydrogens (tertiary/aromatic N) is 1. The summed E-state index contributed by atoms with van der Waals surface area (Å²) < 4.78 is 39.3. The summed E-state index contributed by atoms with van der Waals surface area (Å²) in [6.45, 7) is 4.80. The highest BCUT2D eigenvalue weighted by molar-refractivity contribution is 6.09. The third-order valence-corrected chi connectivity index (χ3v) is 4.31. The molecule has 1 heterocycles. The zero-order valence-corrected chi connectivity index (χ0v) is 15.9. The molecule has 0 aliphatic rings. The van der Waals surface area contributed by atoms with Crippen molar-refractivity contribution in [2.24, 2.45) is 0 Å². The van der Waals surface area contributed by atoms with E-state index in [0.29, 0.717) is 5.69 Å². The third-order valence-electron chi connectivity index (χ3n) is 4.31. The van der Waals surface area contributed by atoms with Crippen molar-refractivity contribution in [1.29, 1.82) is 0 Å². The summed E-state index contributed by atoms with van der Waals surface area (Å²) >= 11 is 0. The Hall–Kier alpha value is -3.42. The average molecular weight is 401 g/mol. The lowest BCUT2D eigenvalue weighted by molar-refractivity contribution is -0.137. The van der Waals surface area contributed by atoms with Crippen molar-refractivity contribution in [2.45, 2.75) is 26.9 Å². The van der Waals surface area contributed by atoms with Crippen LogP contribution in [-0.4, -0.2) is 16.8 Å². The third kappa shape index (κ3) is 4.53. The standard InChI is InChI=1S/C21H18F3N3O2/c1-11-4-5-14-9-16(12(2)25-18(14)8-11)20(29)27-19-10-15(21(22,23)24)6-7-17(19)26-13(3)28/h4-10H,1-3H3,(H,26,28)(H,27,29). The summed E-state index contributed by atoms with van der Waals surface area (Å²) in [7, 11) is 0. The Morgan fingerprint density at radius 2 is 1.66 bits per heavy atom. The lowest BCUT2D eigenvalue weighted by Crippen LogP contribution is -2.18. The van der Waals surface area contributed by atoms with Crippen LogP contribution in [0.5, 0.6) is 0 Å². The molecule has 0 saturated heterocycles. The summed E-state index contributed by atoms with van der Waals surface area (Å²) in [6, 6.07) is 9.95. The summed E-state index contributed by atoms with van der Waals surface area (Å²) in [5.41, 5.74) is 1.39. The van der Waals surface area contributed by atoms with Crippen LogP contribution in [0.2, 0.25) is 0 Å². The van der Waals surface area contributed by atoms with Crippen LogP contribution in [0.15, 0.2) is 42.5 Å². The van der Waals surface area contributed by atoms with Gasteiger partial charge < -0.3 is 10.6 Å². The lowest BCUT2D eigenvalue weighted by Gasteiger charge is -2.15. The molecule has 3 aromatic rings. The molecular formula is C21H18F3N3O2. The van der Waals surface area contributed by atoms with Gasteiger partial charge in [-0.1, -0.05) is 12.1 Å². The summed E-state index contributed by atoms with van der Waals surface area (Å²) in [5, 5.41) is 5.62. The number of hydrogen-bond acceptors (Lipinski definition) is 3. The molecule has 0 spiro atoms. The van der Waals surface area contributed by atoms with Gasteiger partial charge in [0.1, 0.15) is 0 Å². The summed E-state index contributed by atoms with van der Waals surface area (Å²) in [4.78, 5) is 28.6. The average Bonchev–Trinajstić information content (AvgIpc) is 2.61. The molecule has 2 amide bonds. The van der Waals surface area contributed by atoms with Gasteiger partial charge in [-0.2, -0.15) is 13.2 Å². The molecule has 1 aromatic heterocycles. The Labute approximate surface area is 164 Å². The lowest BCUT2D eigenvalue weighted by atomic mass is 10.1. The Bertz CT molecular complexity index is 1120. The highest BCUT2D eigenvalue weighted by atomic mass is 19.4. The van der Waals surface area contributed by atoms with Crippen LogP contribution >= 0.6 is 0 Å². The van der Waals surface area contributed by atoms with Crippen LogP contribution in [0, 0.1) is 13.8 Å². The van der Waals surface area contributed by atoms with Crippen molar-refractivity contribution in [3.63, 3.8) is 0 Å². The van der Waals surface area contributed by atoms with Crippen molar-refractivity contribution in [1.82, 2.24) is 4.98 Å². The van der Waals surface area contributed by atoms with Gasteiger partial charge in [0, 0.05) is 12.3 Å². The first-order valence-electron chi connectivity index (χ1n) is 8.73. The van der Waals surface area contributed by atoms with Crippen molar-refractivity contribution in [2.75, 3.05) is 10.6 Å². The van der Waals surface area contributed by atoms with Gasteiger partial charge in [-0.05, 0) is 49.7 Å². The molecular weight excluding hydrogens is 383 g/mol. The predicted molar refractivity (Wildman–Crippen MR) is 105 cm³/mol. The van der Waals surface area contributed by atoms with Gasteiger partial charge in [-0.3, -0.25) is 14.6 Å². The molecule has 0 atom stereocenters. The number of alkyl halides is 3. The highest BCUT2D eigenvalue weighted by Gasteiger charge is 2.31. The normalized spacial score (nSPS) is 11.4. The van der Waals surface area contributed by atoms with Gasteiger partial charge in [0.15, 0.2) is 0 Å². The second-order valence-corrected chi connectivity index (χ2v) is 6.71. The van der Waals surface area contributed by atoms with Crippen LogP contribution in [0.3, 0.4) is 0 Å². The van der Waals surface area contributed by atoms with E-state index >= 15 is 0 Å². The van der Waals surface area contributed by atoms with E-state index < -0.39 is 23.6 Å². The molecule has 0 unspecified atom stereocenters. The molecule has 0 radical (unpaired) electrons. The van der Waals surface area contributed by atoms with Gasteiger partial charge in [0.2, 0.25) is 5.91 Å². The van der Waals surface area contributed by atoms with E-state index in [2.05, 4.69) is 15.6 Å². The van der Waals surface area contributed by atoms with E-state index in [-0.39, 0.29) is 16.9 Å². The number of fused-ring (bicyclic) bond motifs is 1. The molecule has 2 N–H and O–H groups in total. The number of rotatable bonds is 3. The molecule has 29 heavy (non-hydrogen) atoms. The van der Waals surface area contributed by atoms with Gasteiger partial charge in [-0.15, -0.1) is 0 Å². The van der Waals surface area contributed by atoms with Crippen LogP contribution in [-0.2, 0) is 11.0 Å². The fourth-order valence-electron chi connectivity index (χ4n) is 2.92. The molecule has 0 aliphatic carbocycles. The number of amides is 2. The largest absolute Gasteiger partial charge is 0.416 e. The van der Waals surface area contributed by atoms with Crippen LogP contribution in [0.1, 0.15) is 34.1 Å². The van der Waals surface area contributed by atoms with E-state index in [1.165, 1.54) is 6.92 Å². The van der Waals surface area contributed by atoms with E-state index in [1.807, 2.05) is 25.1 Å². The molecule has 0 bridgehead atoms. The van der Waals surface area contributed by atoms with Gasteiger partial charge in [-0.25, -0.2) is 0 Å².